The molecule has 1 fully saturated rings. The second-order valence-electron chi connectivity index (χ2n) is 7.15. The van der Waals surface area contributed by atoms with Gasteiger partial charge in [0.05, 0.1) is 16.3 Å². The van der Waals surface area contributed by atoms with Crippen molar-refractivity contribution in [3.8, 4) is 0 Å². The van der Waals surface area contributed by atoms with Gasteiger partial charge in [-0.05, 0) is 37.6 Å². The van der Waals surface area contributed by atoms with E-state index in [0.717, 1.165) is 25.6 Å². The zero-order valence-corrected chi connectivity index (χ0v) is 20.9. The molecule has 1 aliphatic heterocycles. The number of anilines is 1. The van der Waals surface area contributed by atoms with Gasteiger partial charge in [-0.2, -0.15) is 0 Å². The molecular formula is C22H30FIN4O2S. The highest BCUT2D eigenvalue weighted by molar-refractivity contribution is 14.0. The van der Waals surface area contributed by atoms with Crippen molar-refractivity contribution in [3.05, 3.63) is 60.4 Å². The quantitative estimate of drug-likeness (QED) is 0.244. The van der Waals surface area contributed by atoms with Crippen molar-refractivity contribution in [2.24, 2.45) is 4.99 Å². The average Bonchev–Trinajstić information content (AvgIpc) is 2.77. The van der Waals surface area contributed by atoms with Gasteiger partial charge in [0.1, 0.15) is 5.82 Å². The van der Waals surface area contributed by atoms with Crippen molar-refractivity contribution < 1.29 is 12.8 Å². The zero-order chi connectivity index (χ0) is 21.4. The smallest absolute Gasteiger partial charge is 0.194 e. The predicted octanol–water partition coefficient (Wildman–Crippen LogP) is 3.40. The molecule has 0 bridgehead atoms. The lowest BCUT2D eigenvalue weighted by Gasteiger charge is -2.37. The first-order chi connectivity index (χ1) is 14.5. The zero-order valence-electron chi connectivity index (χ0n) is 17.7. The van der Waals surface area contributed by atoms with Crippen LogP contribution in [0.1, 0.15) is 13.3 Å². The highest BCUT2D eigenvalue weighted by atomic mass is 127. The third kappa shape index (κ3) is 7.06. The minimum atomic E-state index is -3.28. The summed E-state index contributed by atoms with van der Waals surface area (Å²) >= 11 is 0. The van der Waals surface area contributed by atoms with Crippen molar-refractivity contribution in [2.75, 3.05) is 49.9 Å². The SMILES string of the molecule is CCNC(=NCCCS(=O)(=O)c1ccccc1)N1CCN(c2ccccc2F)CC1.I. The van der Waals surface area contributed by atoms with E-state index in [0.29, 0.717) is 36.6 Å². The summed E-state index contributed by atoms with van der Waals surface area (Å²) in [5.41, 5.74) is 0.630. The molecule has 0 aliphatic carbocycles. The Bertz CT molecular complexity index is 949. The fraction of sp³-hybridized carbons (Fsp3) is 0.409. The molecule has 1 saturated heterocycles. The lowest BCUT2D eigenvalue weighted by atomic mass is 10.2. The van der Waals surface area contributed by atoms with Gasteiger partial charge in [0, 0.05) is 39.3 Å². The molecule has 0 spiro atoms. The Labute approximate surface area is 201 Å². The Balaban J connectivity index is 0.00000341. The molecule has 1 N–H and O–H groups in total. The number of nitrogens with zero attached hydrogens (tertiary/aromatic N) is 3. The van der Waals surface area contributed by atoms with Crippen LogP contribution in [-0.4, -0.2) is 64.3 Å². The van der Waals surface area contributed by atoms with E-state index in [4.69, 9.17) is 0 Å². The van der Waals surface area contributed by atoms with Gasteiger partial charge in [-0.1, -0.05) is 30.3 Å². The van der Waals surface area contributed by atoms with Gasteiger partial charge in [0.2, 0.25) is 0 Å². The van der Waals surface area contributed by atoms with Crippen LogP contribution in [0.5, 0.6) is 0 Å². The van der Waals surface area contributed by atoms with E-state index in [1.54, 1.807) is 42.5 Å². The van der Waals surface area contributed by atoms with E-state index >= 15 is 0 Å². The monoisotopic (exact) mass is 560 g/mol. The van der Waals surface area contributed by atoms with Crippen LogP contribution in [-0.2, 0) is 9.84 Å². The lowest BCUT2D eigenvalue weighted by Crippen LogP contribution is -2.52. The molecule has 3 rings (SSSR count). The van der Waals surface area contributed by atoms with E-state index in [9.17, 15) is 12.8 Å². The number of hydrogen-bond acceptors (Lipinski definition) is 4. The second-order valence-corrected chi connectivity index (χ2v) is 9.26. The number of halogens is 2. The number of piperazine rings is 1. The van der Waals surface area contributed by atoms with E-state index < -0.39 is 9.84 Å². The van der Waals surface area contributed by atoms with Gasteiger partial charge in [-0.15, -0.1) is 24.0 Å². The first-order valence-electron chi connectivity index (χ1n) is 10.3. The summed E-state index contributed by atoms with van der Waals surface area (Å²) in [7, 11) is -3.28. The summed E-state index contributed by atoms with van der Waals surface area (Å²) in [4.78, 5) is 9.16. The van der Waals surface area contributed by atoms with E-state index in [1.165, 1.54) is 6.07 Å². The summed E-state index contributed by atoms with van der Waals surface area (Å²) in [6.45, 7) is 6.02. The van der Waals surface area contributed by atoms with Gasteiger partial charge in [-0.25, -0.2) is 12.8 Å². The van der Waals surface area contributed by atoms with Crippen molar-refractivity contribution in [1.82, 2.24) is 10.2 Å². The molecule has 2 aromatic rings. The number of nitrogens with one attached hydrogen (secondary N) is 1. The minimum Gasteiger partial charge on any atom is -0.366 e. The Morgan fingerprint density at radius 2 is 1.68 bits per heavy atom. The van der Waals surface area contributed by atoms with Crippen LogP contribution >= 0.6 is 24.0 Å². The number of benzene rings is 2. The standard InChI is InChI=1S/C22H29FN4O2S.HI/c1-2-24-22(25-13-8-18-30(28,29)19-9-4-3-5-10-19)27-16-14-26(15-17-27)21-12-7-6-11-20(21)23;/h3-7,9-12H,2,8,13-18H2,1H3,(H,24,25);1H. The third-order valence-electron chi connectivity index (χ3n) is 5.04. The number of guanidine groups is 1. The molecule has 1 heterocycles. The summed E-state index contributed by atoms with van der Waals surface area (Å²) in [5, 5.41) is 3.28. The van der Waals surface area contributed by atoms with E-state index in [2.05, 4.69) is 15.2 Å². The molecular weight excluding hydrogens is 530 g/mol. The highest BCUT2D eigenvalue weighted by Crippen LogP contribution is 2.20. The molecule has 31 heavy (non-hydrogen) atoms. The minimum absolute atomic E-state index is 0. The summed E-state index contributed by atoms with van der Waals surface area (Å²) in [6, 6.07) is 15.3. The third-order valence-corrected chi connectivity index (χ3v) is 6.86. The van der Waals surface area contributed by atoms with Crippen LogP contribution in [0, 0.1) is 5.82 Å². The van der Waals surface area contributed by atoms with Crippen LogP contribution in [0.2, 0.25) is 0 Å². The van der Waals surface area contributed by atoms with Crippen molar-refractivity contribution in [2.45, 2.75) is 18.2 Å². The second kappa shape index (κ2) is 12.2. The van der Waals surface area contributed by atoms with Crippen molar-refractivity contribution in [3.63, 3.8) is 0 Å². The molecule has 0 saturated carbocycles. The summed E-state index contributed by atoms with van der Waals surface area (Å²) in [6.07, 6.45) is 0.460. The van der Waals surface area contributed by atoms with Crippen LogP contribution in [0.3, 0.4) is 0 Å². The first kappa shape index (κ1) is 25.4. The summed E-state index contributed by atoms with van der Waals surface area (Å²) in [5.74, 6) is 0.648. The maximum Gasteiger partial charge on any atom is 0.194 e. The molecule has 9 heteroatoms. The van der Waals surface area contributed by atoms with Crippen LogP contribution in [0.4, 0.5) is 10.1 Å². The molecule has 0 unspecified atom stereocenters. The fourth-order valence-corrected chi connectivity index (χ4v) is 4.80. The maximum absolute atomic E-state index is 14.0. The molecule has 0 aromatic heterocycles. The van der Waals surface area contributed by atoms with Crippen LogP contribution in [0.15, 0.2) is 64.5 Å². The number of rotatable bonds is 7. The summed E-state index contributed by atoms with van der Waals surface area (Å²) < 4.78 is 38.8. The van der Waals surface area contributed by atoms with Gasteiger partial charge in [-0.3, -0.25) is 4.99 Å². The number of para-hydroxylation sites is 1. The van der Waals surface area contributed by atoms with Crippen molar-refractivity contribution in [1.29, 1.82) is 0 Å². The molecule has 170 valence electrons. The molecule has 0 radical (unpaired) electrons. The maximum atomic E-state index is 14.0. The average molecular weight is 560 g/mol. The number of sulfone groups is 1. The van der Waals surface area contributed by atoms with Gasteiger partial charge in [0.15, 0.2) is 15.8 Å². The topological polar surface area (TPSA) is 65.0 Å². The van der Waals surface area contributed by atoms with Crippen molar-refractivity contribution >= 4 is 45.5 Å². The van der Waals surface area contributed by atoms with Crippen LogP contribution < -0.4 is 10.2 Å². The van der Waals surface area contributed by atoms with Gasteiger partial charge >= 0.3 is 0 Å². The molecule has 0 amide bonds. The molecule has 2 aromatic carbocycles. The lowest BCUT2D eigenvalue weighted by molar-refractivity contribution is 0.371. The number of aliphatic imine (C=N–C) groups is 1. The Morgan fingerprint density at radius 1 is 1.03 bits per heavy atom. The largest absolute Gasteiger partial charge is 0.366 e. The number of hydrogen-bond donors (Lipinski definition) is 1. The molecule has 6 nitrogen and oxygen atoms in total. The molecule has 0 atom stereocenters. The highest BCUT2D eigenvalue weighted by Gasteiger charge is 2.21. The first-order valence-corrected chi connectivity index (χ1v) is 12.0. The van der Waals surface area contributed by atoms with Gasteiger partial charge in [0.25, 0.3) is 0 Å². The predicted molar refractivity (Wildman–Crippen MR) is 135 cm³/mol. The van der Waals surface area contributed by atoms with Gasteiger partial charge < -0.3 is 15.1 Å². The molecule has 1 aliphatic rings. The Kier molecular flexibility index (Phi) is 10.0. The van der Waals surface area contributed by atoms with E-state index in [-0.39, 0.29) is 35.5 Å². The Morgan fingerprint density at radius 3 is 2.32 bits per heavy atom. The fourth-order valence-electron chi connectivity index (χ4n) is 3.48. The van der Waals surface area contributed by atoms with Crippen LogP contribution in [0.25, 0.3) is 0 Å². The van der Waals surface area contributed by atoms with E-state index in [1.807, 2.05) is 17.9 Å². The normalized spacial score (nSPS) is 14.8. The Hall–Kier alpha value is -1.88.